The molecule has 0 radical (unpaired) electrons. The molecule has 2 heterocycles. The summed E-state index contributed by atoms with van der Waals surface area (Å²) in [7, 11) is 0. The van der Waals surface area contributed by atoms with Crippen molar-refractivity contribution in [1.29, 1.82) is 0 Å². The second-order valence-electron chi connectivity index (χ2n) is 3.34. The van der Waals surface area contributed by atoms with E-state index in [1.165, 1.54) is 0 Å². The molecule has 1 aromatic heterocycles. The molecule has 0 spiro atoms. The minimum absolute atomic E-state index is 0.160. The molecular formula is C9H13NO2. The second kappa shape index (κ2) is 2.92. The van der Waals surface area contributed by atoms with Crippen molar-refractivity contribution < 1.29 is 9.52 Å². The molecule has 1 saturated heterocycles. The maximum absolute atomic E-state index is 9.29. The van der Waals surface area contributed by atoms with E-state index in [9.17, 15) is 5.11 Å². The second-order valence-corrected chi connectivity index (χ2v) is 3.34. The highest BCUT2D eigenvalue weighted by Crippen LogP contribution is 2.30. The third kappa shape index (κ3) is 1.06. The van der Waals surface area contributed by atoms with Crippen LogP contribution in [0.3, 0.4) is 0 Å². The van der Waals surface area contributed by atoms with Crippen LogP contribution in [0.15, 0.2) is 22.8 Å². The molecule has 12 heavy (non-hydrogen) atoms. The first-order chi connectivity index (χ1) is 5.87. The molecule has 0 saturated carbocycles. The molecule has 66 valence electrons. The fourth-order valence-corrected chi connectivity index (χ4v) is 1.75. The van der Waals surface area contributed by atoms with Crippen LogP contribution in [0.5, 0.6) is 0 Å². The van der Waals surface area contributed by atoms with Crippen molar-refractivity contribution in [2.45, 2.75) is 11.8 Å². The Morgan fingerprint density at radius 1 is 1.67 bits per heavy atom. The summed E-state index contributed by atoms with van der Waals surface area (Å²) in [4.78, 5) is 0. The minimum atomic E-state index is -0.163. The Morgan fingerprint density at radius 2 is 2.58 bits per heavy atom. The minimum Gasteiger partial charge on any atom is -0.469 e. The van der Waals surface area contributed by atoms with Gasteiger partial charge in [0.1, 0.15) is 5.76 Å². The van der Waals surface area contributed by atoms with Gasteiger partial charge in [0.2, 0.25) is 0 Å². The van der Waals surface area contributed by atoms with Crippen LogP contribution in [-0.4, -0.2) is 24.8 Å². The summed E-state index contributed by atoms with van der Waals surface area (Å²) >= 11 is 0. The summed E-state index contributed by atoms with van der Waals surface area (Å²) in [5.74, 6) is 0.898. The zero-order valence-corrected chi connectivity index (χ0v) is 6.92. The first kappa shape index (κ1) is 7.83. The molecule has 1 fully saturated rings. The maximum Gasteiger partial charge on any atom is 0.113 e. The van der Waals surface area contributed by atoms with Crippen LogP contribution in [0.25, 0.3) is 0 Å². The van der Waals surface area contributed by atoms with Crippen molar-refractivity contribution in [3.8, 4) is 0 Å². The molecule has 1 aromatic rings. The fraction of sp³-hybridized carbons (Fsp3) is 0.556. The topological polar surface area (TPSA) is 45.4 Å². The maximum atomic E-state index is 9.29. The van der Waals surface area contributed by atoms with Crippen molar-refractivity contribution in [3.05, 3.63) is 24.2 Å². The number of rotatable bonds is 2. The molecule has 0 bridgehead atoms. The number of furan rings is 1. The molecule has 2 rings (SSSR count). The Morgan fingerprint density at radius 3 is 3.08 bits per heavy atom. The third-order valence-corrected chi connectivity index (χ3v) is 2.59. The van der Waals surface area contributed by atoms with E-state index in [4.69, 9.17) is 4.42 Å². The normalized spacial score (nSPS) is 29.4. The van der Waals surface area contributed by atoms with Gasteiger partial charge in [-0.05, 0) is 25.1 Å². The smallest absolute Gasteiger partial charge is 0.113 e. The highest BCUT2D eigenvalue weighted by atomic mass is 16.3. The van der Waals surface area contributed by atoms with Gasteiger partial charge in [0.25, 0.3) is 0 Å². The monoisotopic (exact) mass is 167 g/mol. The first-order valence-electron chi connectivity index (χ1n) is 4.23. The van der Waals surface area contributed by atoms with Gasteiger partial charge in [0.05, 0.1) is 18.3 Å². The van der Waals surface area contributed by atoms with Gasteiger partial charge in [-0.25, -0.2) is 0 Å². The van der Waals surface area contributed by atoms with Gasteiger partial charge in [0, 0.05) is 6.54 Å². The lowest BCUT2D eigenvalue weighted by Crippen LogP contribution is -2.32. The van der Waals surface area contributed by atoms with Crippen LogP contribution >= 0.6 is 0 Å². The molecular weight excluding hydrogens is 154 g/mol. The van der Waals surface area contributed by atoms with E-state index in [0.717, 1.165) is 25.3 Å². The lowest BCUT2D eigenvalue weighted by Gasteiger charge is -2.22. The largest absolute Gasteiger partial charge is 0.469 e. The Bertz CT molecular complexity index is 237. The fourth-order valence-electron chi connectivity index (χ4n) is 1.75. The van der Waals surface area contributed by atoms with Crippen molar-refractivity contribution in [2.24, 2.45) is 0 Å². The predicted octanol–water partition coefficient (Wildman–Crippen LogP) is 0.503. The summed E-state index contributed by atoms with van der Waals surface area (Å²) in [5, 5.41) is 12.5. The highest BCUT2D eigenvalue weighted by Gasteiger charge is 2.37. The van der Waals surface area contributed by atoms with Gasteiger partial charge in [0.15, 0.2) is 0 Å². The van der Waals surface area contributed by atoms with Gasteiger partial charge in [-0.3, -0.25) is 0 Å². The summed E-state index contributed by atoms with van der Waals surface area (Å²) in [5.41, 5.74) is -0.163. The summed E-state index contributed by atoms with van der Waals surface area (Å²) in [6.07, 6.45) is 2.61. The zero-order valence-electron chi connectivity index (χ0n) is 6.92. The Kier molecular flexibility index (Phi) is 1.90. The number of aliphatic hydroxyl groups excluding tert-OH is 1. The van der Waals surface area contributed by atoms with Gasteiger partial charge >= 0.3 is 0 Å². The van der Waals surface area contributed by atoms with Gasteiger partial charge in [-0.1, -0.05) is 0 Å². The van der Waals surface area contributed by atoms with Crippen molar-refractivity contribution >= 4 is 0 Å². The lowest BCUT2D eigenvalue weighted by molar-refractivity contribution is 0.183. The quantitative estimate of drug-likeness (QED) is 0.674. The van der Waals surface area contributed by atoms with E-state index in [2.05, 4.69) is 5.32 Å². The zero-order chi connectivity index (χ0) is 8.44. The molecule has 0 aromatic carbocycles. The average molecular weight is 167 g/mol. The third-order valence-electron chi connectivity index (χ3n) is 2.59. The molecule has 3 heteroatoms. The standard InChI is InChI=1S/C9H13NO2/c11-7-9(3-4-10-6-9)8-2-1-5-12-8/h1-2,5,10-11H,3-4,6-7H2. The lowest BCUT2D eigenvalue weighted by atomic mass is 9.85. The molecule has 0 amide bonds. The Balaban J connectivity index is 2.28. The molecule has 2 N–H and O–H groups in total. The first-order valence-corrected chi connectivity index (χ1v) is 4.23. The van der Waals surface area contributed by atoms with Gasteiger partial charge in [-0.15, -0.1) is 0 Å². The summed E-state index contributed by atoms with van der Waals surface area (Å²) < 4.78 is 5.31. The van der Waals surface area contributed by atoms with Crippen LogP contribution in [0.4, 0.5) is 0 Å². The molecule has 1 aliphatic heterocycles. The average Bonchev–Trinajstić information content (AvgIpc) is 2.76. The van der Waals surface area contributed by atoms with Crippen LogP contribution in [0, 0.1) is 0 Å². The van der Waals surface area contributed by atoms with Crippen molar-refractivity contribution in [3.63, 3.8) is 0 Å². The number of nitrogens with one attached hydrogen (secondary N) is 1. The molecule has 3 nitrogen and oxygen atoms in total. The summed E-state index contributed by atoms with van der Waals surface area (Å²) in [6.45, 7) is 1.94. The number of hydrogen-bond acceptors (Lipinski definition) is 3. The predicted molar refractivity (Wildman–Crippen MR) is 45.0 cm³/mol. The van der Waals surface area contributed by atoms with Crippen LogP contribution < -0.4 is 5.32 Å². The van der Waals surface area contributed by atoms with E-state index in [0.29, 0.717) is 0 Å². The van der Waals surface area contributed by atoms with Crippen molar-refractivity contribution in [2.75, 3.05) is 19.7 Å². The van der Waals surface area contributed by atoms with Crippen LogP contribution in [0.1, 0.15) is 12.2 Å². The number of aliphatic hydroxyl groups is 1. The van der Waals surface area contributed by atoms with Crippen molar-refractivity contribution in [1.82, 2.24) is 5.32 Å². The van der Waals surface area contributed by atoms with E-state index in [-0.39, 0.29) is 12.0 Å². The molecule has 1 aliphatic rings. The number of hydrogen-bond donors (Lipinski definition) is 2. The van der Waals surface area contributed by atoms with Crippen LogP contribution in [-0.2, 0) is 5.41 Å². The van der Waals surface area contributed by atoms with E-state index in [1.807, 2.05) is 12.1 Å². The SMILES string of the molecule is OCC1(c2ccco2)CCNC1. The Labute approximate surface area is 71.4 Å². The highest BCUT2D eigenvalue weighted by molar-refractivity contribution is 5.17. The Hall–Kier alpha value is -0.800. The van der Waals surface area contributed by atoms with Crippen LogP contribution in [0.2, 0.25) is 0 Å². The molecule has 1 atom stereocenters. The van der Waals surface area contributed by atoms with Gasteiger partial charge < -0.3 is 14.8 Å². The summed E-state index contributed by atoms with van der Waals surface area (Å²) in [6, 6.07) is 3.80. The van der Waals surface area contributed by atoms with E-state index >= 15 is 0 Å². The molecule has 1 unspecified atom stereocenters. The van der Waals surface area contributed by atoms with Gasteiger partial charge in [-0.2, -0.15) is 0 Å². The molecule has 0 aliphatic carbocycles. The van der Waals surface area contributed by atoms with E-state index in [1.54, 1.807) is 6.26 Å². The van der Waals surface area contributed by atoms with E-state index < -0.39 is 0 Å².